The predicted octanol–water partition coefficient (Wildman–Crippen LogP) is 1.35. The first kappa shape index (κ1) is 19.9. The van der Waals surface area contributed by atoms with Gasteiger partial charge in [0.1, 0.15) is 6.54 Å². The summed E-state index contributed by atoms with van der Waals surface area (Å²) >= 11 is 0. The largest absolute Gasteiger partial charge is 0.550 e. The molecule has 0 aromatic carbocycles. The van der Waals surface area contributed by atoms with E-state index in [0.29, 0.717) is 17.4 Å². The number of esters is 1. The Morgan fingerprint density at radius 1 is 1.14 bits per heavy atom. The number of hydrogen-bond acceptors (Lipinski definition) is 4. The van der Waals surface area contributed by atoms with Crippen LogP contribution in [0.1, 0.15) is 52.4 Å². The highest BCUT2D eigenvalue weighted by Gasteiger charge is 2.23. The van der Waals surface area contributed by atoms with Crippen LogP contribution in [-0.4, -0.2) is 50.2 Å². The fourth-order valence-electron chi connectivity index (χ4n) is 2.30. The van der Waals surface area contributed by atoms with Crippen molar-refractivity contribution in [2.75, 3.05) is 27.7 Å². The average Bonchev–Trinajstić information content (AvgIpc) is 2.25. The van der Waals surface area contributed by atoms with E-state index in [4.69, 9.17) is 4.74 Å². The molecule has 0 aliphatic heterocycles. The number of carbonyl (C=O) groups excluding carboxylic acids is 2. The first-order valence-electron chi connectivity index (χ1n) is 7.83. The second-order valence-corrected chi connectivity index (χ2v) is 6.97. The quantitative estimate of drug-likeness (QED) is 0.328. The number of nitrogens with zero attached hydrogens (tertiary/aromatic N) is 1. The molecule has 0 spiro atoms. The van der Waals surface area contributed by atoms with Gasteiger partial charge in [0.15, 0.2) is 6.10 Å². The summed E-state index contributed by atoms with van der Waals surface area (Å²) in [5.74, 6) is -1.22. The van der Waals surface area contributed by atoms with Crippen molar-refractivity contribution in [2.45, 2.75) is 58.5 Å². The van der Waals surface area contributed by atoms with Crippen LogP contribution in [-0.2, 0) is 14.3 Å². The zero-order chi connectivity index (χ0) is 16.5. The number of carboxylic acids is 1. The van der Waals surface area contributed by atoms with Crippen molar-refractivity contribution in [2.24, 2.45) is 5.92 Å². The topological polar surface area (TPSA) is 66.4 Å². The molecular formula is C16H31NO4. The standard InChI is InChI=1S/C16H31NO4/c1-6-7-8-9-13(2)10-16(20)21-14(11-15(18)19)12-17(3,4)5/h13-14H,6-12H2,1-5H3. The first-order chi connectivity index (χ1) is 9.64. The monoisotopic (exact) mass is 301 g/mol. The van der Waals surface area contributed by atoms with Gasteiger partial charge in [-0.2, -0.15) is 0 Å². The Bertz CT molecular complexity index is 323. The minimum atomic E-state index is -1.18. The van der Waals surface area contributed by atoms with Crippen molar-refractivity contribution >= 4 is 11.9 Å². The molecule has 5 nitrogen and oxygen atoms in total. The fourth-order valence-corrected chi connectivity index (χ4v) is 2.30. The number of ether oxygens (including phenoxy) is 1. The molecule has 0 saturated carbocycles. The molecular weight excluding hydrogens is 270 g/mol. The van der Waals surface area contributed by atoms with E-state index in [2.05, 4.69) is 6.92 Å². The SMILES string of the molecule is CCCCCC(C)CC(=O)OC(CC(=O)[O-])C[N+](C)(C)C. The van der Waals surface area contributed by atoms with Gasteiger partial charge in [-0.15, -0.1) is 0 Å². The third-order valence-electron chi connectivity index (χ3n) is 3.26. The third-order valence-corrected chi connectivity index (χ3v) is 3.26. The van der Waals surface area contributed by atoms with Crippen LogP contribution < -0.4 is 5.11 Å². The smallest absolute Gasteiger partial charge is 0.306 e. The molecule has 21 heavy (non-hydrogen) atoms. The van der Waals surface area contributed by atoms with Crippen LogP contribution in [0.2, 0.25) is 0 Å². The number of carbonyl (C=O) groups is 2. The van der Waals surface area contributed by atoms with Gasteiger partial charge in [-0.25, -0.2) is 0 Å². The van der Waals surface area contributed by atoms with Crippen LogP contribution in [0, 0.1) is 5.92 Å². The second-order valence-electron chi connectivity index (χ2n) is 6.97. The maximum Gasteiger partial charge on any atom is 0.306 e. The van der Waals surface area contributed by atoms with Gasteiger partial charge in [0.25, 0.3) is 0 Å². The Labute approximate surface area is 128 Å². The highest BCUT2D eigenvalue weighted by atomic mass is 16.5. The van der Waals surface area contributed by atoms with Crippen LogP contribution in [0.25, 0.3) is 0 Å². The molecule has 0 heterocycles. The molecule has 0 bridgehead atoms. The molecule has 5 heteroatoms. The van der Waals surface area contributed by atoms with Crippen LogP contribution >= 0.6 is 0 Å². The molecule has 2 unspecified atom stereocenters. The minimum absolute atomic E-state index is 0.245. The van der Waals surface area contributed by atoms with Crippen molar-refractivity contribution < 1.29 is 23.9 Å². The van der Waals surface area contributed by atoms with E-state index in [1.54, 1.807) is 0 Å². The zero-order valence-corrected chi connectivity index (χ0v) is 14.2. The third kappa shape index (κ3) is 12.4. The van der Waals surface area contributed by atoms with Crippen molar-refractivity contribution in [3.05, 3.63) is 0 Å². The number of likely N-dealkylation sites (N-methyl/N-ethyl adjacent to an activating group) is 1. The normalized spacial score (nSPS) is 14.5. The number of hydrogen-bond donors (Lipinski definition) is 0. The lowest BCUT2D eigenvalue weighted by Gasteiger charge is -2.29. The van der Waals surface area contributed by atoms with Gasteiger partial charge >= 0.3 is 5.97 Å². The molecule has 0 radical (unpaired) electrons. The predicted molar refractivity (Wildman–Crippen MR) is 80.3 cm³/mol. The lowest BCUT2D eigenvalue weighted by atomic mass is 10.00. The van der Waals surface area contributed by atoms with Gasteiger partial charge in [-0.1, -0.05) is 39.5 Å². The number of unbranched alkanes of at least 4 members (excludes halogenated alkanes) is 2. The van der Waals surface area contributed by atoms with Crippen molar-refractivity contribution in [1.82, 2.24) is 0 Å². The summed E-state index contributed by atoms with van der Waals surface area (Å²) in [7, 11) is 5.80. The summed E-state index contributed by atoms with van der Waals surface area (Å²) in [5.41, 5.74) is 0. The molecule has 0 aliphatic rings. The summed E-state index contributed by atoms with van der Waals surface area (Å²) in [4.78, 5) is 22.7. The molecule has 0 N–H and O–H groups in total. The molecule has 0 aromatic heterocycles. The maximum absolute atomic E-state index is 11.9. The van der Waals surface area contributed by atoms with Gasteiger partial charge in [0, 0.05) is 18.8 Å². The van der Waals surface area contributed by atoms with Crippen molar-refractivity contribution in [3.63, 3.8) is 0 Å². The van der Waals surface area contributed by atoms with E-state index in [0.717, 1.165) is 19.3 Å². The van der Waals surface area contributed by atoms with Crippen LogP contribution in [0.5, 0.6) is 0 Å². The van der Waals surface area contributed by atoms with Gasteiger partial charge in [0.05, 0.1) is 21.1 Å². The van der Waals surface area contributed by atoms with Crippen molar-refractivity contribution in [3.8, 4) is 0 Å². The van der Waals surface area contributed by atoms with E-state index >= 15 is 0 Å². The highest BCUT2D eigenvalue weighted by molar-refractivity contribution is 5.71. The first-order valence-corrected chi connectivity index (χ1v) is 7.83. The summed E-state index contributed by atoms with van der Waals surface area (Å²) < 4.78 is 5.88. The van der Waals surface area contributed by atoms with Gasteiger partial charge in [-0.05, 0) is 5.92 Å². The second kappa shape index (κ2) is 9.77. The Balaban J connectivity index is 4.29. The summed E-state index contributed by atoms with van der Waals surface area (Å²) in [5, 5.41) is 10.8. The number of quaternary nitrogens is 1. The Hall–Kier alpha value is -1.10. The zero-order valence-electron chi connectivity index (χ0n) is 14.2. The molecule has 0 amide bonds. The number of aliphatic carboxylic acids is 1. The van der Waals surface area contributed by atoms with Crippen LogP contribution in [0.3, 0.4) is 0 Å². The Kier molecular flexibility index (Phi) is 9.26. The molecule has 0 aliphatic carbocycles. The summed E-state index contributed by atoms with van der Waals surface area (Å²) in [6.45, 7) is 4.64. The lowest BCUT2D eigenvalue weighted by Crippen LogP contribution is -2.45. The van der Waals surface area contributed by atoms with Gasteiger partial charge in [0.2, 0.25) is 0 Å². The average molecular weight is 301 g/mol. The molecule has 124 valence electrons. The number of carboxylic acid groups (broad SMARTS) is 1. The molecule has 0 saturated heterocycles. The Morgan fingerprint density at radius 2 is 1.76 bits per heavy atom. The van der Waals surface area contributed by atoms with Crippen molar-refractivity contribution in [1.29, 1.82) is 0 Å². The maximum atomic E-state index is 11.9. The molecule has 0 fully saturated rings. The van der Waals surface area contributed by atoms with E-state index in [9.17, 15) is 14.7 Å². The van der Waals surface area contributed by atoms with E-state index in [1.807, 2.05) is 28.1 Å². The summed E-state index contributed by atoms with van der Waals surface area (Å²) in [6.07, 6.45) is 3.94. The lowest BCUT2D eigenvalue weighted by molar-refractivity contribution is -0.873. The fraction of sp³-hybridized carbons (Fsp3) is 0.875. The highest BCUT2D eigenvalue weighted by Crippen LogP contribution is 2.15. The van der Waals surface area contributed by atoms with E-state index < -0.39 is 12.1 Å². The number of rotatable bonds is 11. The van der Waals surface area contributed by atoms with Crippen LogP contribution in [0.4, 0.5) is 0 Å². The minimum Gasteiger partial charge on any atom is -0.550 e. The Morgan fingerprint density at radius 3 is 2.24 bits per heavy atom. The summed E-state index contributed by atoms with van der Waals surface area (Å²) in [6, 6.07) is 0. The molecule has 0 aromatic rings. The van der Waals surface area contributed by atoms with E-state index in [-0.39, 0.29) is 18.3 Å². The van der Waals surface area contributed by atoms with Gasteiger partial charge < -0.3 is 19.1 Å². The molecule has 2 atom stereocenters. The van der Waals surface area contributed by atoms with E-state index in [1.165, 1.54) is 6.42 Å². The van der Waals surface area contributed by atoms with Crippen LogP contribution in [0.15, 0.2) is 0 Å². The molecule has 0 rings (SSSR count). The van der Waals surface area contributed by atoms with Gasteiger partial charge in [-0.3, -0.25) is 4.79 Å².